The number of rotatable bonds is 6. The largest absolute Gasteiger partial charge is 0.489 e. The number of halogens is 1. The zero-order chi connectivity index (χ0) is 20.1. The Kier molecular flexibility index (Phi) is 6.09. The van der Waals surface area contributed by atoms with Gasteiger partial charge in [-0.1, -0.05) is 30.3 Å². The van der Waals surface area contributed by atoms with Crippen molar-refractivity contribution in [2.45, 2.75) is 33.9 Å². The van der Waals surface area contributed by atoms with E-state index in [1.807, 2.05) is 57.2 Å². The van der Waals surface area contributed by atoms with E-state index in [0.29, 0.717) is 18.7 Å². The van der Waals surface area contributed by atoms with E-state index >= 15 is 0 Å². The van der Waals surface area contributed by atoms with Crippen LogP contribution in [0.3, 0.4) is 0 Å². The standard InChI is InChI=1S/C24H24FNO2/c1-16-12-18(3)23(13-17(16)2)24(27)26-14-19-6-10-22(11-7-19)28-15-20-4-8-21(25)9-5-20/h4-13H,14-15H2,1-3H3,(H,26,27). The highest BCUT2D eigenvalue weighted by Gasteiger charge is 2.10. The number of ether oxygens (including phenoxy) is 1. The van der Waals surface area contributed by atoms with E-state index in [1.165, 1.54) is 17.7 Å². The van der Waals surface area contributed by atoms with Gasteiger partial charge in [-0.15, -0.1) is 0 Å². The quantitative estimate of drug-likeness (QED) is 0.636. The molecule has 0 atom stereocenters. The Morgan fingerprint density at radius 3 is 2.14 bits per heavy atom. The highest BCUT2D eigenvalue weighted by molar-refractivity contribution is 5.95. The summed E-state index contributed by atoms with van der Waals surface area (Å²) in [7, 11) is 0. The minimum atomic E-state index is -0.258. The van der Waals surface area contributed by atoms with Crippen LogP contribution < -0.4 is 10.1 Å². The van der Waals surface area contributed by atoms with Crippen LogP contribution in [0.25, 0.3) is 0 Å². The Bertz CT molecular complexity index is 963. The molecule has 28 heavy (non-hydrogen) atoms. The minimum absolute atomic E-state index is 0.0720. The first-order valence-electron chi connectivity index (χ1n) is 9.24. The number of benzene rings is 3. The third kappa shape index (κ3) is 4.97. The molecule has 3 aromatic rings. The van der Waals surface area contributed by atoms with Gasteiger partial charge in [0, 0.05) is 12.1 Å². The molecule has 3 rings (SSSR count). The monoisotopic (exact) mass is 377 g/mol. The molecule has 4 heteroatoms. The lowest BCUT2D eigenvalue weighted by Gasteiger charge is -2.11. The molecule has 3 nitrogen and oxygen atoms in total. The molecule has 0 saturated heterocycles. The van der Waals surface area contributed by atoms with Gasteiger partial charge in [-0.3, -0.25) is 4.79 Å². The zero-order valence-corrected chi connectivity index (χ0v) is 16.4. The van der Waals surface area contributed by atoms with Gasteiger partial charge in [0.25, 0.3) is 5.91 Å². The predicted molar refractivity (Wildman–Crippen MR) is 109 cm³/mol. The summed E-state index contributed by atoms with van der Waals surface area (Å²) in [5.41, 5.74) is 5.88. The molecule has 0 bridgehead atoms. The predicted octanol–water partition coefficient (Wildman–Crippen LogP) is 5.26. The van der Waals surface area contributed by atoms with Gasteiger partial charge in [-0.2, -0.15) is 0 Å². The van der Waals surface area contributed by atoms with Gasteiger partial charge in [0.2, 0.25) is 0 Å². The van der Waals surface area contributed by atoms with Gasteiger partial charge < -0.3 is 10.1 Å². The summed E-state index contributed by atoms with van der Waals surface area (Å²) >= 11 is 0. The molecule has 0 unspecified atom stereocenters. The molecular weight excluding hydrogens is 353 g/mol. The number of hydrogen-bond donors (Lipinski definition) is 1. The lowest BCUT2D eigenvalue weighted by molar-refractivity contribution is 0.0950. The maximum atomic E-state index is 12.9. The van der Waals surface area contributed by atoms with Crippen LogP contribution in [0.2, 0.25) is 0 Å². The number of nitrogens with one attached hydrogen (secondary N) is 1. The highest BCUT2D eigenvalue weighted by Crippen LogP contribution is 2.17. The van der Waals surface area contributed by atoms with Crippen LogP contribution in [0.1, 0.15) is 38.2 Å². The van der Waals surface area contributed by atoms with Gasteiger partial charge in [-0.05, 0) is 78.9 Å². The third-order valence-corrected chi connectivity index (χ3v) is 4.78. The molecule has 0 aliphatic carbocycles. The smallest absolute Gasteiger partial charge is 0.251 e. The zero-order valence-electron chi connectivity index (χ0n) is 16.4. The van der Waals surface area contributed by atoms with Gasteiger partial charge in [0.05, 0.1) is 0 Å². The molecule has 0 aliphatic heterocycles. The van der Waals surface area contributed by atoms with Crippen molar-refractivity contribution in [2.75, 3.05) is 0 Å². The first-order valence-corrected chi connectivity index (χ1v) is 9.24. The van der Waals surface area contributed by atoms with Gasteiger partial charge in [0.15, 0.2) is 0 Å². The molecule has 1 N–H and O–H groups in total. The average molecular weight is 377 g/mol. The molecule has 0 spiro atoms. The van der Waals surface area contributed by atoms with Crippen molar-refractivity contribution < 1.29 is 13.9 Å². The molecule has 0 fully saturated rings. The summed E-state index contributed by atoms with van der Waals surface area (Å²) in [6.07, 6.45) is 0. The van der Waals surface area contributed by atoms with E-state index < -0.39 is 0 Å². The van der Waals surface area contributed by atoms with E-state index in [9.17, 15) is 9.18 Å². The van der Waals surface area contributed by atoms with Crippen molar-refractivity contribution in [3.05, 3.63) is 99.9 Å². The number of amides is 1. The third-order valence-electron chi connectivity index (χ3n) is 4.78. The van der Waals surface area contributed by atoms with Crippen LogP contribution in [0.5, 0.6) is 5.75 Å². The fourth-order valence-electron chi connectivity index (χ4n) is 2.93. The van der Waals surface area contributed by atoms with Crippen molar-refractivity contribution in [2.24, 2.45) is 0 Å². The van der Waals surface area contributed by atoms with Crippen LogP contribution in [0.4, 0.5) is 4.39 Å². The lowest BCUT2D eigenvalue weighted by atomic mass is 10.0. The highest BCUT2D eigenvalue weighted by atomic mass is 19.1. The summed E-state index contributed by atoms with van der Waals surface area (Å²) in [5.74, 6) is 0.396. The maximum absolute atomic E-state index is 12.9. The summed E-state index contributed by atoms with van der Waals surface area (Å²) in [6, 6.07) is 17.8. The summed E-state index contributed by atoms with van der Waals surface area (Å²) in [6.45, 7) is 6.83. The molecule has 1 amide bonds. The molecule has 0 saturated carbocycles. The second kappa shape index (κ2) is 8.70. The number of carbonyl (C=O) groups excluding carboxylic acids is 1. The molecule has 0 aliphatic rings. The Morgan fingerprint density at radius 2 is 1.46 bits per heavy atom. The Labute approximate surface area is 165 Å². The topological polar surface area (TPSA) is 38.3 Å². The number of carbonyl (C=O) groups is 1. The second-order valence-corrected chi connectivity index (χ2v) is 6.99. The van der Waals surface area contributed by atoms with Crippen LogP contribution in [-0.4, -0.2) is 5.91 Å². The van der Waals surface area contributed by atoms with Gasteiger partial charge in [-0.25, -0.2) is 4.39 Å². The number of hydrogen-bond acceptors (Lipinski definition) is 2. The van der Waals surface area contributed by atoms with Gasteiger partial charge >= 0.3 is 0 Å². The van der Waals surface area contributed by atoms with Crippen molar-refractivity contribution in [3.63, 3.8) is 0 Å². The fourth-order valence-corrected chi connectivity index (χ4v) is 2.93. The first kappa shape index (κ1) is 19.6. The molecule has 3 aromatic carbocycles. The molecule has 0 radical (unpaired) electrons. The average Bonchev–Trinajstić information content (AvgIpc) is 2.69. The minimum Gasteiger partial charge on any atom is -0.489 e. The van der Waals surface area contributed by atoms with Crippen molar-refractivity contribution >= 4 is 5.91 Å². The molecule has 0 heterocycles. The summed E-state index contributed by atoms with van der Waals surface area (Å²) < 4.78 is 18.6. The number of aryl methyl sites for hydroxylation is 3. The van der Waals surface area contributed by atoms with Crippen LogP contribution in [-0.2, 0) is 13.2 Å². The van der Waals surface area contributed by atoms with Crippen LogP contribution in [0, 0.1) is 26.6 Å². The molecular formula is C24H24FNO2. The Morgan fingerprint density at radius 1 is 0.857 bits per heavy atom. The van der Waals surface area contributed by atoms with E-state index in [1.54, 1.807) is 12.1 Å². The van der Waals surface area contributed by atoms with Gasteiger partial charge in [0.1, 0.15) is 18.2 Å². The second-order valence-electron chi connectivity index (χ2n) is 6.99. The van der Waals surface area contributed by atoms with E-state index in [-0.39, 0.29) is 11.7 Å². The van der Waals surface area contributed by atoms with E-state index in [0.717, 1.165) is 28.0 Å². The fraction of sp³-hybridized carbons (Fsp3) is 0.208. The van der Waals surface area contributed by atoms with E-state index in [2.05, 4.69) is 5.32 Å². The van der Waals surface area contributed by atoms with Crippen molar-refractivity contribution in [1.82, 2.24) is 5.32 Å². The first-order chi connectivity index (χ1) is 13.4. The Hall–Kier alpha value is -3.14. The molecule has 0 aromatic heterocycles. The Balaban J connectivity index is 1.55. The van der Waals surface area contributed by atoms with Crippen molar-refractivity contribution in [1.29, 1.82) is 0 Å². The van der Waals surface area contributed by atoms with E-state index in [4.69, 9.17) is 4.74 Å². The maximum Gasteiger partial charge on any atom is 0.251 e. The molecule has 144 valence electrons. The SMILES string of the molecule is Cc1cc(C)c(C(=O)NCc2ccc(OCc3ccc(F)cc3)cc2)cc1C. The van der Waals surface area contributed by atoms with Crippen molar-refractivity contribution in [3.8, 4) is 5.75 Å². The summed E-state index contributed by atoms with van der Waals surface area (Å²) in [5, 5.41) is 2.97. The van der Waals surface area contributed by atoms with Crippen LogP contribution >= 0.6 is 0 Å². The summed E-state index contributed by atoms with van der Waals surface area (Å²) in [4.78, 5) is 12.5. The van der Waals surface area contributed by atoms with Crippen LogP contribution in [0.15, 0.2) is 60.7 Å². The normalized spacial score (nSPS) is 10.6. The lowest BCUT2D eigenvalue weighted by Crippen LogP contribution is -2.23.